The van der Waals surface area contributed by atoms with E-state index in [0.29, 0.717) is 11.3 Å². The van der Waals surface area contributed by atoms with Gasteiger partial charge in [0.15, 0.2) is 9.84 Å². The third kappa shape index (κ3) is 3.05. The third-order valence-corrected chi connectivity index (χ3v) is 5.26. The van der Waals surface area contributed by atoms with E-state index in [1.54, 1.807) is 13.1 Å². The summed E-state index contributed by atoms with van der Waals surface area (Å²) in [5.41, 5.74) is 2.13. The third-order valence-electron chi connectivity index (χ3n) is 3.98. The first kappa shape index (κ1) is 16.3. The number of amides is 1. The summed E-state index contributed by atoms with van der Waals surface area (Å²) in [5, 5.41) is 2.87. The van der Waals surface area contributed by atoms with Gasteiger partial charge in [0.1, 0.15) is 11.2 Å². The second kappa shape index (κ2) is 6.13. The molecule has 3 aromatic rings. The van der Waals surface area contributed by atoms with Crippen LogP contribution in [0.3, 0.4) is 0 Å². The molecular weight excluding hydrogens is 326 g/mol. The fourth-order valence-electron chi connectivity index (χ4n) is 2.55. The Labute approximate surface area is 140 Å². The second-order valence-corrected chi connectivity index (χ2v) is 7.58. The molecule has 0 aliphatic rings. The molecule has 24 heavy (non-hydrogen) atoms. The summed E-state index contributed by atoms with van der Waals surface area (Å²) < 4.78 is 28.7. The van der Waals surface area contributed by atoms with Gasteiger partial charge in [0.2, 0.25) is 5.91 Å². The Bertz CT molecular complexity index is 1030. The van der Waals surface area contributed by atoms with Gasteiger partial charge in [-0.2, -0.15) is 0 Å². The molecule has 0 saturated carbocycles. The molecule has 0 fully saturated rings. The van der Waals surface area contributed by atoms with Crippen LogP contribution in [0.25, 0.3) is 21.9 Å². The Hall–Kier alpha value is -2.60. The van der Waals surface area contributed by atoms with Gasteiger partial charge in [-0.3, -0.25) is 4.79 Å². The molecule has 0 N–H and O–H groups in total. The average molecular weight is 343 g/mol. The molecule has 3 rings (SSSR count). The SMILES string of the molecule is C=CS(=O)(=O)CCC(=O)N(C)c1ccc2c(c1)oc1ccccc12. The summed E-state index contributed by atoms with van der Waals surface area (Å²) in [6.07, 6.45) is -0.0942. The highest BCUT2D eigenvalue weighted by atomic mass is 32.2. The lowest BCUT2D eigenvalue weighted by atomic mass is 10.1. The van der Waals surface area contributed by atoms with E-state index in [2.05, 4.69) is 6.58 Å². The summed E-state index contributed by atoms with van der Waals surface area (Å²) in [4.78, 5) is 13.6. The second-order valence-electron chi connectivity index (χ2n) is 5.52. The van der Waals surface area contributed by atoms with Crippen LogP contribution in [0.2, 0.25) is 0 Å². The van der Waals surface area contributed by atoms with E-state index < -0.39 is 9.84 Å². The van der Waals surface area contributed by atoms with Gasteiger partial charge in [-0.15, -0.1) is 0 Å². The summed E-state index contributed by atoms with van der Waals surface area (Å²) in [6, 6.07) is 13.2. The van der Waals surface area contributed by atoms with Crippen molar-refractivity contribution in [2.45, 2.75) is 6.42 Å². The smallest absolute Gasteiger partial charge is 0.227 e. The monoisotopic (exact) mass is 343 g/mol. The van der Waals surface area contributed by atoms with Crippen molar-refractivity contribution in [3.63, 3.8) is 0 Å². The normalized spacial score (nSPS) is 11.7. The number of para-hydroxylation sites is 1. The van der Waals surface area contributed by atoms with E-state index in [1.165, 1.54) is 4.90 Å². The van der Waals surface area contributed by atoms with Crippen molar-refractivity contribution in [2.75, 3.05) is 17.7 Å². The van der Waals surface area contributed by atoms with E-state index >= 15 is 0 Å². The Morgan fingerprint density at radius 1 is 1.17 bits per heavy atom. The van der Waals surface area contributed by atoms with Gasteiger partial charge >= 0.3 is 0 Å². The molecule has 0 bridgehead atoms. The van der Waals surface area contributed by atoms with E-state index in [1.807, 2.05) is 36.4 Å². The minimum atomic E-state index is -3.38. The lowest BCUT2D eigenvalue weighted by Crippen LogP contribution is -2.27. The van der Waals surface area contributed by atoms with Gasteiger partial charge in [-0.05, 0) is 18.2 Å². The standard InChI is InChI=1S/C18H17NO4S/c1-3-24(21,22)11-10-18(20)19(2)13-8-9-15-14-6-4-5-7-16(14)23-17(15)12-13/h3-9,12H,1,10-11H2,2H3. The van der Waals surface area contributed by atoms with E-state index in [0.717, 1.165) is 21.8 Å². The number of nitrogens with zero attached hydrogens (tertiary/aromatic N) is 1. The van der Waals surface area contributed by atoms with Crippen LogP contribution in [0.5, 0.6) is 0 Å². The van der Waals surface area contributed by atoms with Crippen molar-refractivity contribution in [1.82, 2.24) is 0 Å². The number of furan rings is 1. The molecule has 1 aromatic heterocycles. The Kier molecular flexibility index (Phi) is 4.15. The zero-order valence-electron chi connectivity index (χ0n) is 13.2. The van der Waals surface area contributed by atoms with Crippen LogP contribution in [0.4, 0.5) is 5.69 Å². The maximum atomic E-state index is 12.2. The van der Waals surface area contributed by atoms with Crippen molar-refractivity contribution < 1.29 is 17.6 Å². The van der Waals surface area contributed by atoms with E-state index in [4.69, 9.17) is 4.42 Å². The Balaban J connectivity index is 1.87. The fraction of sp³-hybridized carbons (Fsp3) is 0.167. The zero-order valence-corrected chi connectivity index (χ0v) is 14.0. The molecule has 1 amide bonds. The molecule has 0 saturated heterocycles. The predicted octanol–water partition coefficient (Wildman–Crippen LogP) is 3.50. The molecule has 5 nitrogen and oxygen atoms in total. The lowest BCUT2D eigenvalue weighted by Gasteiger charge is -2.17. The molecule has 1 heterocycles. The first-order valence-electron chi connectivity index (χ1n) is 7.44. The molecular formula is C18H17NO4S. The Morgan fingerprint density at radius 3 is 2.62 bits per heavy atom. The molecule has 6 heteroatoms. The maximum absolute atomic E-state index is 12.2. The van der Waals surface area contributed by atoms with Crippen molar-refractivity contribution in [1.29, 1.82) is 0 Å². The number of benzene rings is 2. The molecule has 0 spiro atoms. The average Bonchev–Trinajstić information content (AvgIpc) is 2.96. The summed E-state index contributed by atoms with van der Waals surface area (Å²) in [7, 11) is -1.77. The first-order valence-corrected chi connectivity index (χ1v) is 9.16. The van der Waals surface area contributed by atoms with Crippen LogP contribution in [-0.4, -0.2) is 27.1 Å². The molecule has 2 aromatic carbocycles. The van der Waals surface area contributed by atoms with E-state index in [-0.39, 0.29) is 18.1 Å². The van der Waals surface area contributed by atoms with Crippen molar-refractivity contribution in [3.05, 3.63) is 54.5 Å². The van der Waals surface area contributed by atoms with Gasteiger partial charge in [-0.25, -0.2) is 8.42 Å². The first-order chi connectivity index (χ1) is 11.4. The number of rotatable bonds is 5. The number of hydrogen-bond donors (Lipinski definition) is 0. The van der Waals surface area contributed by atoms with Crippen LogP contribution in [0, 0.1) is 0 Å². The van der Waals surface area contributed by atoms with Gasteiger partial charge in [0, 0.05) is 41.4 Å². The van der Waals surface area contributed by atoms with Crippen LogP contribution in [-0.2, 0) is 14.6 Å². The highest BCUT2D eigenvalue weighted by molar-refractivity contribution is 7.94. The van der Waals surface area contributed by atoms with Gasteiger partial charge in [0.05, 0.1) is 5.75 Å². The maximum Gasteiger partial charge on any atom is 0.227 e. The van der Waals surface area contributed by atoms with Crippen LogP contribution >= 0.6 is 0 Å². The minimum Gasteiger partial charge on any atom is -0.456 e. The number of anilines is 1. The highest BCUT2D eigenvalue weighted by Gasteiger charge is 2.16. The number of sulfone groups is 1. The fourth-order valence-corrected chi connectivity index (χ4v) is 3.17. The largest absolute Gasteiger partial charge is 0.456 e. The van der Waals surface area contributed by atoms with Crippen molar-refractivity contribution in [3.8, 4) is 0 Å². The number of carbonyl (C=O) groups is 1. The molecule has 0 unspecified atom stereocenters. The zero-order chi connectivity index (χ0) is 17.3. The predicted molar refractivity (Wildman–Crippen MR) is 95.7 cm³/mol. The molecule has 0 aliphatic heterocycles. The minimum absolute atomic E-state index is 0.0942. The molecule has 0 aliphatic carbocycles. The van der Waals surface area contributed by atoms with Gasteiger partial charge in [-0.1, -0.05) is 24.8 Å². The number of fused-ring (bicyclic) bond motifs is 3. The molecule has 124 valence electrons. The van der Waals surface area contributed by atoms with Crippen LogP contribution in [0.1, 0.15) is 6.42 Å². The van der Waals surface area contributed by atoms with Crippen molar-refractivity contribution >= 4 is 43.4 Å². The Morgan fingerprint density at radius 2 is 1.88 bits per heavy atom. The summed E-state index contributed by atoms with van der Waals surface area (Å²) >= 11 is 0. The highest BCUT2D eigenvalue weighted by Crippen LogP contribution is 2.31. The summed E-state index contributed by atoms with van der Waals surface area (Å²) in [6.45, 7) is 3.24. The van der Waals surface area contributed by atoms with Gasteiger partial charge in [0.25, 0.3) is 0 Å². The van der Waals surface area contributed by atoms with Crippen LogP contribution < -0.4 is 4.90 Å². The molecule has 0 atom stereocenters. The van der Waals surface area contributed by atoms with E-state index in [9.17, 15) is 13.2 Å². The number of carbonyl (C=O) groups excluding carboxylic acids is 1. The lowest BCUT2D eigenvalue weighted by molar-refractivity contribution is -0.117. The topological polar surface area (TPSA) is 67.6 Å². The quantitative estimate of drug-likeness (QED) is 0.711. The van der Waals surface area contributed by atoms with Crippen molar-refractivity contribution in [2.24, 2.45) is 0 Å². The van der Waals surface area contributed by atoms with Gasteiger partial charge < -0.3 is 9.32 Å². The van der Waals surface area contributed by atoms with Crippen LogP contribution in [0.15, 0.2) is 58.9 Å². The number of hydrogen-bond acceptors (Lipinski definition) is 4. The molecule has 0 radical (unpaired) electrons. The summed E-state index contributed by atoms with van der Waals surface area (Å²) in [5.74, 6) is -0.525.